The summed E-state index contributed by atoms with van der Waals surface area (Å²) in [6, 6.07) is 17.0. The van der Waals surface area contributed by atoms with Crippen LogP contribution < -0.4 is 10.2 Å². The number of aromatic hydroxyl groups is 1. The Bertz CT molecular complexity index is 2100. The van der Waals surface area contributed by atoms with Gasteiger partial charge in [0.1, 0.15) is 16.8 Å². The molecule has 5 N–H and O–H groups in total. The average molecular weight is 749 g/mol. The molecule has 1 atom stereocenters. The number of phenols is 1. The molecule has 1 saturated carbocycles. The Morgan fingerprint density at radius 2 is 1.86 bits per heavy atom. The smallest absolute Gasteiger partial charge is 0.347 e. The van der Waals surface area contributed by atoms with Crippen LogP contribution in [-0.4, -0.2) is 78.4 Å². The number of aliphatic hydroxyl groups is 1. The van der Waals surface area contributed by atoms with Crippen molar-refractivity contribution in [2.75, 3.05) is 20.1 Å². The van der Waals surface area contributed by atoms with Crippen LogP contribution in [0.4, 0.5) is 0 Å². The highest BCUT2D eigenvalue weighted by molar-refractivity contribution is 7.16. The molecule has 4 aromatic heterocycles. The zero-order valence-corrected chi connectivity index (χ0v) is 30.5. The van der Waals surface area contributed by atoms with Gasteiger partial charge in [0.05, 0.1) is 32.2 Å². The van der Waals surface area contributed by atoms with Gasteiger partial charge >= 0.3 is 10.8 Å². The monoisotopic (exact) mass is 748 g/mol. The molecule has 12 nitrogen and oxygen atoms in total. The number of phenolic OH excluding ortho intramolecular Hbond substituents is 1. The van der Waals surface area contributed by atoms with E-state index in [0.717, 1.165) is 73.1 Å². The molecule has 1 aliphatic carbocycles. The number of aromatic nitrogens is 4. The summed E-state index contributed by atoms with van der Waals surface area (Å²) in [6.45, 7) is 2.42. The molecule has 0 bridgehead atoms. The SMILES string of the molecule is CN(CCCn1nnc2cc(CNC[C@H](O)c3ccc(O)c4[nH]c(=O)sc34)ccc21)C1CCC(OC(C(=O)O)(c2cccs2)c2cccs2)CC1. The fourth-order valence-corrected chi connectivity index (χ4v) is 9.75. The van der Waals surface area contributed by atoms with Crippen LogP contribution in [0, 0.1) is 0 Å². The molecule has 6 aromatic rings. The number of thiophene rings is 2. The summed E-state index contributed by atoms with van der Waals surface area (Å²) in [5.41, 5.74) is 2.25. The summed E-state index contributed by atoms with van der Waals surface area (Å²) < 4.78 is 9.05. The molecular weight excluding hydrogens is 709 g/mol. The van der Waals surface area contributed by atoms with E-state index in [4.69, 9.17) is 4.74 Å². The van der Waals surface area contributed by atoms with Crippen molar-refractivity contribution >= 4 is 61.2 Å². The molecule has 1 fully saturated rings. The van der Waals surface area contributed by atoms with Crippen LogP contribution in [0.25, 0.3) is 21.3 Å². The number of aliphatic hydroxyl groups excluding tert-OH is 1. The quantitative estimate of drug-likeness (QED) is 0.0885. The van der Waals surface area contributed by atoms with Gasteiger partial charge in [0.25, 0.3) is 0 Å². The van der Waals surface area contributed by atoms with Gasteiger partial charge in [-0.3, -0.25) is 4.79 Å². The molecule has 51 heavy (non-hydrogen) atoms. The summed E-state index contributed by atoms with van der Waals surface area (Å²) in [5.74, 6) is -0.987. The number of hydrogen-bond donors (Lipinski definition) is 5. The predicted molar refractivity (Wildman–Crippen MR) is 200 cm³/mol. The van der Waals surface area contributed by atoms with E-state index in [1.165, 1.54) is 28.7 Å². The topological polar surface area (TPSA) is 166 Å². The van der Waals surface area contributed by atoms with Gasteiger partial charge in [-0.25, -0.2) is 9.48 Å². The Morgan fingerprint density at radius 3 is 2.55 bits per heavy atom. The molecular formula is C36H40N6O6S3. The first kappa shape index (κ1) is 35.4. The van der Waals surface area contributed by atoms with E-state index in [1.807, 2.05) is 57.9 Å². The maximum atomic E-state index is 12.8. The number of carbonyl (C=O) groups is 1. The Balaban J connectivity index is 0.882. The number of fused-ring (bicyclic) bond motifs is 2. The van der Waals surface area contributed by atoms with Crippen molar-refractivity contribution in [3.63, 3.8) is 0 Å². The van der Waals surface area contributed by atoms with Gasteiger partial charge in [-0.2, -0.15) is 0 Å². The van der Waals surface area contributed by atoms with Crippen LogP contribution in [0.5, 0.6) is 5.75 Å². The predicted octanol–water partition coefficient (Wildman–Crippen LogP) is 5.66. The fourth-order valence-electron chi connectivity index (χ4n) is 7.02. The van der Waals surface area contributed by atoms with Crippen molar-refractivity contribution in [2.45, 2.75) is 69.0 Å². The second-order valence-electron chi connectivity index (χ2n) is 13.0. The second kappa shape index (κ2) is 15.3. The number of nitrogens with one attached hydrogen (secondary N) is 2. The van der Waals surface area contributed by atoms with Gasteiger partial charge in [0, 0.05) is 31.2 Å². The highest BCUT2D eigenvalue weighted by atomic mass is 32.1. The highest BCUT2D eigenvalue weighted by Gasteiger charge is 2.48. The van der Waals surface area contributed by atoms with E-state index in [2.05, 4.69) is 32.6 Å². The van der Waals surface area contributed by atoms with Crippen LogP contribution in [0.15, 0.2) is 70.2 Å². The first-order valence-corrected chi connectivity index (χ1v) is 19.6. The zero-order valence-electron chi connectivity index (χ0n) is 28.0. The third-order valence-corrected chi connectivity index (χ3v) is 12.6. The van der Waals surface area contributed by atoms with Crippen molar-refractivity contribution in [3.05, 3.63) is 95.9 Å². The van der Waals surface area contributed by atoms with Gasteiger partial charge in [0.15, 0.2) is 0 Å². The Morgan fingerprint density at radius 1 is 1.12 bits per heavy atom. The number of hydrogen-bond acceptors (Lipinski definition) is 12. The molecule has 2 aromatic carbocycles. The van der Waals surface area contributed by atoms with Gasteiger partial charge in [-0.1, -0.05) is 40.8 Å². The lowest BCUT2D eigenvalue weighted by atomic mass is 9.90. The first-order valence-electron chi connectivity index (χ1n) is 17.0. The van der Waals surface area contributed by atoms with Crippen molar-refractivity contribution in [3.8, 4) is 5.75 Å². The first-order chi connectivity index (χ1) is 24.7. The van der Waals surface area contributed by atoms with Crippen LogP contribution in [-0.2, 0) is 28.2 Å². The number of carboxylic acids is 1. The number of thiazole rings is 1. The minimum atomic E-state index is -1.47. The average Bonchev–Trinajstić information content (AvgIpc) is 3.96. The molecule has 268 valence electrons. The normalized spacial score (nSPS) is 17.5. The molecule has 15 heteroatoms. The molecule has 0 radical (unpaired) electrons. The maximum absolute atomic E-state index is 12.8. The third-order valence-electron chi connectivity index (χ3n) is 9.72. The van der Waals surface area contributed by atoms with Crippen LogP contribution >= 0.6 is 34.0 Å². The highest BCUT2D eigenvalue weighted by Crippen LogP contribution is 2.42. The number of aromatic amines is 1. The van der Waals surface area contributed by atoms with E-state index in [0.29, 0.717) is 38.1 Å². The minimum Gasteiger partial charge on any atom is -0.506 e. The van der Waals surface area contributed by atoms with Crippen LogP contribution in [0.3, 0.4) is 0 Å². The minimum absolute atomic E-state index is 0.0172. The number of rotatable bonds is 15. The van der Waals surface area contributed by atoms with Crippen molar-refractivity contribution in [1.82, 2.24) is 30.2 Å². The summed E-state index contributed by atoms with van der Waals surface area (Å²) in [6.07, 6.45) is 3.42. The molecule has 0 aliphatic heterocycles. The molecule has 0 amide bonds. The summed E-state index contributed by atoms with van der Waals surface area (Å²) in [5, 5.41) is 47.2. The maximum Gasteiger partial charge on any atom is 0.347 e. The molecule has 0 spiro atoms. The largest absolute Gasteiger partial charge is 0.506 e. The van der Waals surface area contributed by atoms with Crippen molar-refractivity contribution in [1.29, 1.82) is 0 Å². The number of carboxylic acid groups (broad SMARTS) is 1. The van der Waals surface area contributed by atoms with Gasteiger partial charge in [-0.05, 0) is 92.4 Å². The van der Waals surface area contributed by atoms with Crippen molar-refractivity contribution < 1.29 is 24.9 Å². The fraction of sp³-hybridized carbons (Fsp3) is 0.389. The zero-order chi connectivity index (χ0) is 35.5. The number of H-pyrrole nitrogens is 1. The van der Waals surface area contributed by atoms with E-state index < -0.39 is 17.7 Å². The molecule has 7 rings (SSSR count). The van der Waals surface area contributed by atoms with Gasteiger partial charge < -0.3 is 35.3 Å². The van der Waals surface area contributed by atoms with E-state index >= 15 is 0 Å². The molecule has 0 unspecified atom stereocenters. The van der Waals surface area contributed by atoms with Crippen molar-refractivity contribution in [2.24, 2.45) is 0 Å². The lowest BCUT2D eigenvalue weighted by Gasteiger charge is -2.38. The summed E-state index contributed by atoms with van der Waals surface area (Å²) >= 11 is 3.81. The number of benzene rings is 2. The Labute approximate surface area is 305 Å². The lowest BCUT2D eigenvalue weighted by Crippen LogP contribution is -2.44. The molecule has 0 saturated heterocycles. The van der Waals surface area contributed by atoms with E-state index in [1.54, 1.807) is 6.07 Å². The molecule has 1 aliphatic rings. The van der Waals surface area contributed by atoms with Crippen LogP contribution in [0.1, 0.15) is 59.1 Å². The van der Waals surface area contributed by atoms with Gasteiger partial charge in [0.2, 0.25) is 5.60 Å². The second-order valence-corrected chi connectivity index (χ2v) is 15.9. The standard InChI is InChI=1S/C36H40N6O6S3/c1-41(23-8-10-24(11-9-23)48-36(34(45)46,30-5-2-17-49-30)31-6-3-18-50-31)15-4-16-42-27-13-7-22(19-26(27)39-40-42)20-37-21-29(44)25-12-14-28(43)32-33(25)51-35(47)38-32/h2-3,5-7,12-14,17-19,23-24,29,37,43-44H,4,8-11,15-16,20-21H2,1H3,(H,38,47)(H,45,46)/t23?,24?,29-/m0/s1. The number of aryl methyl sites for hydroxylation is 1. The number of nitrogens with zero attached hydrogens (tertiary/aromatic N) is 4. The number of ether oxygens (including phenoxy) is 1. The Kier molecular flexibility index (Phi) is 10.7. The van der Waals surface area contributed by atoms with E-state index in [-0.39, 0.29) is 23.3 Å². The summed E-state index contributed by atoms with van der Waals surface area (Å²) in [7, 11) is 2.16. The number of aliphatic carboxylic acids is 1. The lowest BCUT2D eigenvalue weighted by molar-refractivity contribution is -0.170. The summed E-state index contributed by atoms with van der Waals surface area (Å²) in [4.78, 5) is 30.7. The van der Waals surface area contributed by atoms with Gasteiger partial charge in [-0.15, -0.1) is 27.8 Å². The molecule has 4 heterocycles. The van der Waals surface area contributed by atoms with E-state index in [9.17, 15) is 24.9 Å². The van der Waals surface area contributed by atoms with Crippen LogP contribution in [0.2, 0.25) is 0 Å². The third kappa shape index (κ3) is 7.37. The Hall–Kier alpha value is -3.96.